The summed E-state index contributed by atoms with van der Waals surface area (Å²) in [4.78, 5) is 46.5. The van der Waals surface area contributed by atoms with Crippen LogP contribution in [0.4, 0.5) is 5.95 Å². The Morgan fingerprint density at radius 1 is 1.34 bits per heavy atom. The number of H-pyrrole nitrogens is 1. The number of nitrogens with one attached hydrogen (secondary N) is 1. The van der Waals surface area contributed by atoms with Gasteiger partial charge < -0.3 is 45.2 Å². The number of phosphoric ester groups is 1. The summed E-state index contributed by atoms with van der Waals surface area (Å²) in [6, 6.07) is 0. The van der Waals surface area contributed by atoms with Crippen LogP contribution in [0, 0.1) is 15.9 Å². The normalized spacial score (nSPS) is 29.5. The summed E-state index contributed by atoms with van der Waals surface area (Å²) in [6.45, 7) is -3.65. The molecule has 9 N–H and O–H groups in total. The lowest BCUT2D eigenvalue weighted by molar-refractivity contribution is -0.0718. The summed E-state index contributed by atoms with van der Waals surface area (Å²) in [5.74, 6) is 1.81. The van der Waals surface area contributed by atoms with E-state index in [1.165, 1.54) is 0 Å². The van der Waals surface area contributed by atoms with Crippen molar-refractivity contribution in [3.05, 3.63) is 11.0 Å². The van der Waals surface area contributed by atoms with Gasteiger partial charge in [-0.15, -0.1) is 0 Å². The van der Waals surface area contributed by atoms with Crippen molar-refractivity contribution in [2.75, 3.05) is 12.3 Å². The maximum atomic E-state index is 12.1. The Bertz CT molecular complexity index is 1490. The number of nitrogens with two attached hydrogens (primary N) is 1. The predicted octanol–water partition coefficient (Wildman–Crippen LogP) is -0.397. The van der Waals surface area contributed by atoms with Crippen LogP contribution in [-0.4, -0.2) is 73.7 Å². The van der Waals surface area contributed by atoms with Crippen LogP contribution in [0.25, 0.3) is 11.2 Å². The molecule has 3 heterocycles. The number of nitrogens with zero attached hydrogens (tertiary/aromatic N) is 3. The lowest BCUT2D eigenvalue weighted by atomic mass is 9.95. The van der Waals surface area contributed by atoms with Crippen LogP contribution < -0.4 is 5.73 Å². The first-order valence-corrected chi connectivity index (χ1v) is 13.8. The topological polar surface area (TPSA) is 282 Å². The summed E-state index contributed by atoms with van der Waals surface area (Å²) >= 11 is 10.4. The lowest BCUT2D eigenvalue weighted by Crippen LogP contribution is -2.46. The molecule has 1 aliphatic heterocycles. The van der Waals surface area contributed by atoms with Gasteiger partial charge in [0.25, 0.3) is 0 Å². The van der Waals surface area contributed by atoms with Crippen molar-refractivity contribution in [3.63, 3.8) is 0 Å². The Balaban J connectivity index is 1.99. The van der Waals surface area contributed by atoms with Gasteiger partial charge in [-0.1, -0.05) is 12.2 Å². The van der Waals surface area contributed by atoms with Gasteiger partial charge in [-0.3, -0.25) is 9.09 Å². The van der Waals surface area contributed by atoms with E-state index < -0.39 is 54.1 Å². The molecular formula is C12H15ClN5O13P3S. The van der Waals surface area contributed by atoms with E-state index in [-0.39, 0.29) is 21.8 Å². The third-order valence-corrected chi connectivity index (χ3v) is 8.10. The molecule has 2 aromatic rings. The number of aromatic amines is 1. The zero-order valence-electron chi connectivity index (χ0n) is 18.4. The lowest BCUT2D eigenvalue weighted by Gasteiger charge is -2.26. The van der Waals surface area contributed by atoms with Crippen molar-refractivity contribution < 1.29 is 64.1 Å². The Morgan fingerprint density at radius 3 is 2.60 bits per heavy atom. The summed E-state index contributed by atoms with van der Waals surface area (Å²) in [5.41, 5.74) is 2.85. The Morgan fingerprint density at radius 2 is 2.00 bits per heavy atom. The van der Waals surface area contributed by atoms with Crippen molar-refractivity contribution >= 4 is 64.4 Å². The van der Waals surface area contributed by atoms with Gasteiger partial charge in [0.2, 0.25) is 5.60 Å². The number of rotatable bonds is 8. The molecule has 1 aliphatic rings. The summed E-state index contributed by atoms with van der Waals surface area (Å²) < 4.78 is 67.8. The van der Waals surface area contributed by atoms with E-state index in [2.05, 4.69) is 28.1 Å². The minimum Gasteiger partial charge on any atom is -0.386 e. The van der Waals surface area contributed by atoms with Crippen molar-refractivity contribution in [2.24, 2.45) is 0 Å². The SMILES string of the molecule is [2H]C([2H])(OP(=O)(O)OP(=O)(O)OP(=O)(O)O)[C@H]1O[C@@H](n2cnc3c(=S)nc(N)[nH]c32)C(O)(C#CCl)[C@H]1O. The maximum absolute atomic E-state index is 12.1. The van der Waals surface area contributed by atoms with E-state index in [1.54, 1.807) is 5.38 Å². The number of fused-ring (bicyclic) bond motifs is 1. The quantitative estimate of drug-likeness (QED) is 0.109. The summed E-state index contributed by atoms with van der Waals surface area (Å²) in [7, 11) is -17.8. The highest BCUT2D eigenvalue weighted by atomic mass is 35.5. The van der Waals surface area contributed by atoms with Crippen molar-refractivity contribution in [3.8, 4) is 11.3 Å². The number of nitrogen functional groups attached to an aromatic ring is 1. The number of ether oxygens (including phenoxy) is 1. The second-order valence-electron chi connectivity index (χ2n) is 6.48. The molecule has 23 heteroatoms. The Hall–Kier alpha value is -1.29. The molecule has 0 saturated carbocycles. The van der Waals surface area contributed by atoms with E-state index in [0.717, 1.165) is 10.9 Å². The number of aliphatic hydroxyl groups excluding tert-OH is 1. The molecule has 0 aliphatic carbocycles. The number of hydrogen-bond donors (Lipinski definition) is 8. The first-order valence-electron chi connectivity index (χ1n) is 9.47. The van der Waals surface area contributed by atoms with Gasteiger partial charge in [0.15, 0.2) is 16.8 Å². The van der Waals surface area contributed by atoms with Gasteiger partial charge in [-0.25, -0.2) is 23.7 Å². The third kappa shape index (κ3) is 6.35. The number of phosphoric acid groups is 3. The second kappa shape index (κ2) is 9.88. The summed E-state index contributed by atoms with van der Waals surface area (Å²) in [6.07, 6.45) is -5.69. The molecule has 1 fully saturated rings. The van der Waals surface area contributed by atoms with Crippen LogP contribution in [-0.2, 0) is 31.6 Å². The fourth-order valence-corrected chi connectivity index (χ4v) is 6.10. The molecule has 0 radical (unpaired) electrons. The van der Waals surface area contributed by atoms with Crippen molar-refractivity contribution in [1.29, 1.82) is 0 Å². The molecular weight excluding hydrogens is 583 g/mol. The van der Waals surface area contributed by atoms with Crippen LogP contribution in [0.5, 0.6) is 0 Å². The predicted molar refractivity (Wildman–Crippen MR) is 115 cm³/mol. The molecule has 0 amide bonds. The molecule has 2 aromatic heterocycles. The molecule has 18 nitrogen and oxygen atoms in total. The molecule has 35 heavy (non-hydrogen) atoms. The molecule has 3 unspecified atom stereocenters. The molecule has 6 atom stereocenters. The first-order chi connectivity index (χ1) is 16.7. The second-order valence-corrected chi connectivity index (χ2v) is 11.4. The van der Waals surface area contributed by atoms with Crippen LogP contribution in [0.15, 0.2) is 6.33 Å². The van der Waals surface area contributed by atoms with Crippen molar-refractivity contribution in [1.82, 2.24) is 19.5 Å². The van der Waals surface area contributed by atoms with Crippen LogP contribution in [0.3, 0.4) is 0 Å². The van der Waals surface area contributed by atoms with E-state index >= 15 is 0 Å². The molecule has 194 valence electrons. The fourth-order valence-electron chi connectivity index (χ4n) is 2.82. The monoisotopic (exact) mass is 599 g/mol. The number of aliphatic hydroxyl groups is 2. The minimum absolute atomic E-state index is 0.0307. The van der Waals surface area contributed by atoms with Crippen LogP contribution >= 0.6 is 47.3 Å². The number of anilines is 1. The van der Waals surface area contributed by atoms with Crippen molar-refractivity contribution in [2.45, 2.75) is 24.0 Å². The van der Waals surface area contributed by atoms with Gasteiger partial charge in [0.1, 0.15) is 23.4 Å². The molecule has 0 spiro atoms. The Labute approximate surface area is 206 Å². The average Bonchev–Trinajstić information content (AvgIpc) is 3.18. The number of imidazole rings is 1. The van der Waals surface area contributed by atoms with Gasteiger partial charge in [-0.05, 0) is 17.5 Å². The molecule has 1 saturated heterocycles. The maximum Gasteiger partial charge on any atom is 0.490 e. The number of aromatic nitrogens is 4. The zero-order chi connectivity index (χ0) is 28.2. The minimum atomic E-state index is -6.05. The Kier molecular flexibility index (Phi) is 7.16. The highest BCUT2D eigenvalue weighted by Crippen LogP contribution is 2.66. The van der Waals surface area contributed by atoms with E-state index in [9.17, 15) is 33.7 Å². The van der Waals surface area contributed by atoms with E-state index in [4.69, 9.17) is 46.8 Å². The standard InChI is InChI=1S/C12H15ClN5O13P3S/c13-2-1-12(20)7(19)5(3-28-33(24,25)31-34(26,27)30-32(21,22)23)29-10(12)18-4-15-6-8(18)16-11(14)17-9(6)35/h4-5,7,10,19-20H,3H2,(H,24,25)(H,26,27)(H2,21,22,23)(H3,14,16,17,35)/t5-,7+,10-,12?/m1/s1/i3D2. The molecule has 0 bridgehead atoms. The zero-order valence-corrected chi connectivity index (χ0v) is 20.7. The molecule has 0 aromatic carbocycles. The number of hydrogen-bond acceptors (Lipinski definition) is 13. The highest BCUT2D eigenvalue weighted by molar-refractivity contribution is 7.71. The van der Waals surface area contributed by atoms with Gasteiger partial charge in [0.05, 0.1) is 15.6 Å². The largest absolute Gasteiger partial charge is 0.490 e. The average molecular weight is 600 g/mol. The van der Waals surface area contributed by atoms with Gasteiger partial charge in [0, 0.05) is 5.38 Å². The third-order valence-electron chi connectivity index (χ3n) is 4.05. The highest BCUT2D eigenvalue weighted by Gasteiger charge is 2.57. The van der Waals surface area contributed by atoms with Gasteiger partial charge in [-0.2, -0.15) is 8.62 Å². The smallest absolute Gasteiger partial charge is 0.386 e. The number of halogens is 1. The fraction of sp³-hybridized carbons (Fsp3) is 0.417. The van der Waals surface area contributed by atoms with E-state index in [1.807, 2.05) is 5.92 Å². The van der Waals surface area contributed by atoms with Gasteiger partial charge >= 0.3 is 23.5 Å². The first kappa shape index (κ1) is 25.4. The van der Waals surface area contributed by atoms with Crippen LogP contribution in [0.2, 0.25) is 0 Å². The van der Waals surface area contributed by atoms with E-state index in [0.29, 0.717) is 0 Å². The molecule has 3 rings (SSSR count). The van der Waals surface area contributed by atoms with Crippen LogP contribution in [0.1, 0.15) is 8.97 Å². The summed E-state index contributed by atoms with van der Waals surface area (Å²) in [5, 5.41) is 23.6.